The number of hydrazine groups is 1. The van der Waals surface area contributed by atoms with Crippen molar-refractivity contribution in [3.05, 3.63) is 40.1 Å². The lowest BCUT2D eigenvalue weighted by Gasteiger charge is -2.37. The van der Waals surface area contributed by atoms with Gasteiger partial charge in [-0.3, -0.25) is 19.2 Å². The molecule has 210 valence electrons. The van der Waals surface area contributed by atoms with Gasteiger partial charge in [0.1, 0.15) is 0 Å². The van der Waals surface area contributed by atoms with E-state index in [9.17, 15) is 18.0 Å². The van der Waals surface area contributed by atoms with E-state index in [0.717, 1.165) is 70.6 Å². The second-order valence-corrected chi connectivity index (χ2v) is 12.4. The number of nitrogens with one attached hydrogen (secondary N) is 3. The first-order chi connectivity index (χ1) is 18.3. The van der Waals surface area contributed by atoms with Crippen LogP contribution >= 0.6 is 0 Å². The second kappa shape index (κ2) is 10.6. The number of likely N-dealkylation sites (tertiary alicyclic amines) is 1. The number of nitrogens with zero attached hydrogens (tertiary/aromatic N) is 3. The van der Waals surface area contributed by atoms with Crippen molar-refractivity contribution in [3.8, 4) is 0 Å². The molecule has 4 fully saturated rings. The summed E-state index contributed by atoms with van der Waals surface area (Å²) in [7, 11) is 0. The van der Waals surface area contributed by atoms with Crippen LogP contribution in [0.2, 0.25) is 0 Å². The van der Waals surface area contributed by atoms with Crippen LogP contribution in [-0.4, -0.2) is 39.8 Å². The Morgan fingerprint density at radius 2 is 1.95 bits per heavy atom. The number of rotatable bonds is 7. The molecule has 4 aliphatic rings. The summed E-state index contributed by atoms with van der Waals surface area (Å²) >= 11 is 0. The lowest BCUT2D eigenvalue weighted by Crippen LogP contribution is -2.45. The number of piperidine rings is 1. The van der Waals surface area contributed by atoms with Crippen LogP contribution in [0.4, 0.5) is 13.2 Å². The molecule has 7 nitrogen and oxygen atoms in total. The second-order valence-electron chi connectivity index (χ2n) is 12.4. The van der Waals surface area contributed by atoms with E-state index in [1.165, 1.54) is 29.5 Å². The molecule has 0 bridgehead atoms. The highest BCUT2D eigenvalue weighted by atomic mass is 19.4. The van der Waals surface area contributed by atoms with Gasteiger partial charge >= 0.3 is 11.9 Å². The molecule has 2 aliphatic heterocycles. The van der Waals surface area contributed by atoms with Crippen LogP contribution < -0.4 is 21.9 Å². The molecule has 2 saturated heterocycles. The number of imidazole rings is 1. The largest absolute Gasteiger partial charge is 0.418 e. The van der Waals surface area contributed by atoms with Crippen LogP contribution in [-0.2, 0) is 12.7 Å². The summed E-state index contributed by atoms with van der Waals surface area (Å²) in [4.78, 5) is 15.8. The number of alkyl halides is 3. The van der Waals surface area contributed by atoms with Crippen LogP contribution in [0, 0.1) is 23.7 Å². The van der Waals surface area contributed by atoms with Gasteiger partial charge < -0.3 is 0 Å². The van der Waals surface area contributed by atoms with E-state index in [1.54, 1.807) is 10.8 Å². The van der Waals surface area contributed by atoms with Gasteiger partial charge in [-0.1, -0.05) is 26.2 Å². The van der Waals surface area contributed by atoms with E-state index >= 15 is 0 Å². The van der Waals surface area contributed by atoms with Crippen LogP contribution in [0.15, 0.2) is 23.3 Å². The maximum atomic E-state index is 14.2. The smallest absolute Gasteiger partial charge is 0.299 e. The molecule has 2 aromatic rings. The van der Waals surface area contributed by atoms with E-state index < -0.39 is 11.7 Å². The molecule has 2 saturated carbocycles. The predicted octanol–water partition coefficient (Wildman–Crippen LogP) is 4.48. The monoisotopic (exact) mass is 534 g/mol. The van der Waals surface area contributed by atoms with Crippen LogP contribution in [0.25, 0.3) is 5.52 Å². The molecule has 0 radical (unpaired) electrons. The standard InChI is InChI=1S/C28H41F3N6O/c1-18-4-3-9-35(13-18)14-20-11-24(28(29,30)31)25-16-36(27(38)37(25)15-20)22-6-2-5-21(12-22)23(10-19-7-8-19)26-32-17-33-34-26/h11,15-16,18-19,21-23,26,32-34H,2-10,12-14,17H2,1H3/t18-,21?,22?,23+,26?/m0/s1. The van der Waals surface area contributed by atoms with Crippen LogP contribution in [0.5, 0.6) is 0 Å². The summed E-state index contributed by atoms with van der Waals surface area (Å²) in [6.07, 6.45) is 8.48. The van der Waals surface area contributed by atoms with Gasteiger partial charge in [-0.15, -0.1) is 0 Å². The molecule has 3 unspecified atom stereocenters. The lowest BCUT2D eigenvalue weighted by atomic mass is 9.74. The fraction of sp³-hybridized carbons (Fsp3) is 0.750. The van der Waals surface area contributed by atoms with Crippen molar-refractivity contribution in [1.29, 1.82) is 0 Å². The number of halogens is 3. The van der Waals surface area contributed by atoms with Crippen LogP contribution in [0.3, 0.4) is 0 Å². The quantitative estimate of drug-likeness (QED) is 0.489. The highest BCUT2D eigenvalue weighted by molar-refractivity contribution is 5.56. The first-order valence-corrected chi connectivity index (χ1v) is 14.5. The van der Waals surface area contributed by atoms with Crippen molar-refractivity contribution < 1.29 is 13.2 Å². The van der Waals surface area contributed by atoms with E-state index in [2.05, 4.69) is 28.0 Å². The molecular formula is C28H41F3N6O. The van der Waals surface area contributed by atoms with Gasteiger partial charge in [-0.25, -0.2) is 15.6 Å². The number of hydrogen-bond donors (Lipinski definition) is 3. The molecule has 10 heteroatoms. The number of hydrogen-bond acceptors (Lipinski definition) is 5. The summed E-state index contributed by atoms with van der Waals surface area (Å²) in [5.41, 5.74) is 6.03. The zero-order chi connectivity index (χ0) is 26.4. The molecule has 38 heavy (non-hydrogen) atoms. The Morgan fingerprint density at radius 3 is 2.66 bits per heavy atom. The normalized spacial score (nSPS) is 30.2. The zero-order valence-corrected chi connectivity index (χ0v) is 22.3. The van der Waals surface area contributed by atoms with Gasteiger partial charge in [0.15, 0.2) is 0 Å². The Labute approximate surface area is 222 Å². The minimum absolute atomic E-state index is 0.0294. The number of pyridine rings is 1. The Hall–Kier alpha value is -1.88. The van der Waals surface area contributed by atoms with E-state index in [1.807, 2.05) is 0 Å². The molecule has 3 N–H and O–H groups in total. The van der Waals surface area contributed by atoms with E-state index in [4.69, 9.17) is 0 Å². The third-order valence-corrected chi connectivity index (χ3v) is 9.39. The van der Waals surface area contributed by atoms with Gasteiger partial charge in [0.05, 0.1) is 23.9 Å². The third kappa shape index (κ3) is 5.55. The third-order valence-electron chi connectivity index (χ3n) is 9.39. The SMILES string of the molecule is C[C@H]1CCCN(Cc2cc(C(F)(F)F)c3cn(C4CCCC([C@@H](CC5CC5)C5NCNN5)C4)c(=O)n3c2)C1. The molecule has 6 rings (SSSR count). The average molecular weight is 535 g/mol. The van der Waals surface area contributed by atoms with Crippen molar-refractivity contribution >= 4 is 5.52 Å². The fourth-order valence-electron chi connectivity index (χ4n) is 7.34. The van der Waals surface area contributed by atoms with Crippen molar-refractivity contribution in [2.45, 2.75) is 89.6 Å². The minimum atomic E-state index is -4.52. The Morgan fingerprint density at radius 1 is 1.11 bits per heavy atom. The maximum absolute atomic E-state index is 14.2. The van der Waals surface area contributed by atoms with Gasteiger partial charge in [0, 0.05) is 31.5 Å². The van der Waals surface area contributed by atoms with E-state index in [-0.39, 0.29) is 23.4 Å². The van der Waals surface area contributed by atoms with Gasteiger partial charge in [0.25, 0.3) is 0 Å². The topological polar surface area (TPSA) is 65.7 Å². The maximum Gasteiger partial charge on any atom is 0.418 e. The predicted molar refractivity (Wildman–Crippen MR) is 140 cm³/mol. The summed E-state index contributed by atoms with van der Waals surface area (Å²) in [6, 6.07) is 1.18. The minimum Gasteiger partial charge on any atom is -0.299 e. The van der Waals surface area contributed by atoms with Gasteiger partial charge in [0.2, 0.25) is 0 Å². The van der Waals surface area contributed by atoms with Gasteiger partial charge in [-0.05, 0) is 80.4 Å². The molecule has 0 spiro atoms. The highest BCUT2D eigenvalue weighted by Crippen LogP contribution is 2.44. The summed E-state index contributed by atoms with van der Waals surface area (Å²) in [6.45, 7) is 5.10. The highest BCUT2D eigenvalue weighted by Gasteiger charge is 2.40. The summed E-state index contributed by atoms with van der Waals surface area (Å²) in [5, 5.41) is 3.52. The number of fused-ring (bicyclic) bond motifs is 1. The Balaban J connectivity index is 1.29. The molecule has 0 amide bonds. The van der Waals surface area contributed by atoms with Crippen LogP contribution in [0.1, 0.15) is 81.9 Å². The van der Waals surface area contributed by atoms with Crippen molar-refractivity contribution in [1.82, 2.24) is 30.0 Å². The Kier molecular flexibility index (Phi) is 7.35. The van der Waals surface area contributed by atoms with Crippen molar-refractivity contribution in [2.75, 3.05) is 19.8 Å². The summed E-state index contributed by atoms with van der Waals surface area (Å²) < 4.78 is 45.6. The first kappa shape index (κ1) is 26.3. The van der Waals surface area contributed by atoms with Crippen molar-refractivity contribution in [2.24, 2.45) is 23.7 Å². The summed E-state index contributed by atoms with van der Waals surface area (Å²) in [5.74, 6) is 2.18. The molecule has 0 aromatic carbocycles. The lowest BCUT2D eigenvalue weighted by molar-refractivity contribution is -0.136. The Bertz CT molecular complexity index is 1180. The fourth-order valence-corrected chi connectivity index (χ4v) is 7.34. The number of aromatic nitrogens is 2. The molecule has 2 aliphatic carbocycles. The van der Waals surface area contributed by atoms with Gasteiger partial charge in [-0.2, -0.15) is 13.2 Å². The molecule has 4 heterocycles. The van der Waals surface area contributed by atoms with E-state index in [0.29, 0.717) is 29.9 Å². The molecule has 5 atom stereocenters. The zero-order valence-electron chi connectivity index (χ0n) is 22.3. The average Bonchev–Trinajstić information content (AvgIpc) is 3.42. The molecular weight excluding hydrogens is 493 g/mol. The molecule has 2 aromatic heterocycles. The first-order valence-electron chi connectivity index (χ1n) is 14.5. The van der Waals surface area contributed by atoms with Crippen molar-refractivity contribution in [3.63, 3.8) is 0 Å².